The molecule has 2 N–H and O–H groups in total. The number of amides is 1. The van der Waals surface area contributed by atoms with Gasteiger partial charge in [0.2, 0.25) is 5.91 Å². The van der Waals surface area contributed by atoms with Gasteiger partial charge < -0.3 is 15.2 Å². The van der Waals surface area contributed by atoms with E-state index in [0.29, 0.717) is 29.8 Å². The van der Waals surface area contributed by atoms with Gasteiger partial charge in [-0.15, -0.1) is 0 Å². The molecule has 2 rings (SSSR count). The van der Waals surface area contributed by atoms with Gasteiger partial charge in [-0.2, -0.15) is 0 Å². The molecule has 0 saturated carbocycles. The molecule has 6 nitrogen and oxygen atoms in total. The molecule has 0 aromatic heterocycles. The van der Waals surface area contributed by atoms with Gasteiger partial charge in [0.15, 0.2) is 5.78 Å². The second-order valence-corrected chi connectivity index (χ2v) is 5.86. The number of carboxylic acid groups (broad SMARTS) is 1. The summed E-state index contributed by atoms with van der Waals surface area (Å²) < 4.78 is 5.25. The summed E-state index contributed by atoms with van der Waals surface area (Å²) in [7, 11) is 1.52. The maximum Gasteiger partial charge on any atom is 0.335 e. The Morgan fingerprint density at radius 2 is 1.69 bits per heavy atom. The van der Waals surface area contributed by atoms with E-state index in [1.165, 1.54) is 26.2 Å². The number of benzene rings is 2. The molecule has 0 bridgehead atoms. The van der Waals surface area contributed by atoms with Crippen LogP contribution in [0.1, 0.15) is 38.8 Å². The number of carboxylic acids is 1. The predicted molar refractivity (Wildman–Crippen MR) is 96.8 cm³/mol. The van der Waals surface area contributed by atoms with E-state index in [1.807, 2.05) is 0 Å². The molecule has 0 heterocycles. The van der Waals surface area contributed by atoms with Crippen molar-refractivity contribution in [2.24, 2.45) is 0 Å². The highest BCUT2D eigenvalue weighted by Crippen LogP contribution is 2.20. The Kier molecular flexibility index (Phi) is 6.49. The Labute approximate surface area is 151 Å². The molecule has 0 saturated heterocycles. The summed E-state index contributed by atoms with van der Waals surface area (Å²) in [5.41, 5.74) is 2.36. The second kappa shape index (κ2) is 8.80. The zero-order chi connectivity index (χ0) is 19.1. The lowest BCUT2D eigenvalue weighted by atomic mass is 10.0. The first-order valence-electron chi connectivity index (χ1n) is 8.17. The van der Waals surface area contributed by atoms with Crippen LogP contribution in [0.3, 0.4) is 0 Å². The summed E-state index contributed by atoms with van der Waals surface area (Å²) in [6.07, 6.45) is 0.707. The molecule has 0 aliphatic carbocycles. The van der Waals surface area contributed by atoms with Gasteiger partial charge in [-0.1, -0.05) is 12.1 Å². The number of hydrogen-bond donors (Lipinski definition) is 2. The van der Waals surface area contributed by atoms with Crippen LogP contribution >= 0.6 is 0 Å². The third kappa shape index (κ3) is 5.17. The van der Waals surface area contributed by atoms with Gasteiger partial charge in [-0.25, -0.2) is 4.79 Å². The topological polar surface area (TPSA) is 92.7 Å². The first kappa shape index (κ1) is 19.2. The van der Waals surface area contributed by atoms with E-state index in [0.717, 1.165) is 5.56 Å². The molecule has 1 amide bonds. The highest BCUT2D eigenvalue weighted by molar-refractivity contribution is 5.94. The molecule has 0 fully saturated rings. The molecule has 0 atom stereocenters. The Morgan fingerprint density at radius 3 is 2.27 bits per heavy atom. The number of nitrogens with one attached hydrogen (secondary N) is 1. The lowest BCUT2D eigenvalue weighted by Gasteiger charge is -2.10. The van der Waals surface area contributed by atoms with E-state index in [-0.39, 0.29) is 23.7 Å². The summed E-state index contributed by atoms with van der Waals surface area (Å²) in [6.45, 7) is 1.90. The van der Waals surface area contributed by atoms with Crippen molar-refractivity contribution in [2.75, 3.05) is 13.7 Å². The highest BCUT2D eigenvalue weighted by atomic mass is 16.5. The van der Waals surface area contributed by atoms with Crippen LogP contribution in [0.15, 0.2) is 42.5 Å². The van der Waals surface area contributed by atoms with Gasteiger partial charge >= 0.3 is 5.97 Å². The third-order valence-electron chi connectivity index (χ3n) is 3.97. The minimum atomic E-state index is -0.966. The molecule has 0 spiro atoms. The van der Waals surface area contributed by atoms with Gasteiger partial charge in [-0.05, 0) is 49.2 Å². The Hall–Kier alpha value is -3.15. The van der Waals surface area contributed by atoms with Crippen LogP contribution in [0.25, 0.3) is 0 Å². The maximum absolute atomic E-state index is 12.2. The predicted octanol–water partition coefficient (Wildman–Crippen LogP) is 2.50. The van der Waals surface area contributed by atoms with Crippen molar-refractivity contribution >= 4 is 17.7 Å². The summed E-state index contributed by atoms with van der Waals surface area (Å²) in [4.78, 5) is 34.5. The van der Waals surface area contributed by atoms with Crippen molar-refractivity contribution in [1.29, 1.82) is 0 Å². The Bertz CT molecular complexity index is 811. The summed E-state index contributed by atoms with van der Waals surface area (Å²) in [5, 5.41) is 11.7. The monoisotopic (exact) mass is 355 g/mol. The molecule has 26 heavy (non-hydrogen) atoms. The smallest absolute Gasteiger partial charge is 0.335 e. The van der Waals surface area contributed by atoms with Gasteiger partial charge in [0.1, 0.15) is 5.75 Å². The number of aromatic carboxylic acids is 1. The van der Waals surface area contributed by atoms with Crippen LogP contribution in [-0.2, 0) is 17.6 Å². The van der Waals surface area contributed by atoms with Gasteiger partial charge in [0.25, 0.3) is 0 Å². The minimum Gasteiger partial charge on any atom is -0.496 e. The van der Waals surface area contributed by atoms with Crippen molar-refractivity contribution in [2.45, 2.75) is 19.8 Å². The fourth-order valence-electron chi connectivity index (χ4n) is 2.53. The molecular weight excluding hydrogens is 334 g/mol. The first-order valence-corrected chi connectivity index (χ1v) is 8.17. The van der Waals surface area contributed by atoms with Crippen LogP contribution in [0.4, 0.5) is 0 Å². The van der Waals surface area contributed by atoms with E-state index < -0.39 is 5.97 Å². The normalized spacial score (nSPS) is 10.2. The van der Waals surface area contributed by atoms with Crippen LogP contribution in [-0.4, -0.2) is 36.4 Å². The standard InChI is InChI=1S/C20H21NO5/c1-13(22)16-7-8-18(26-2)17(11-16)12-19(23)21-10-9-14-3-5-15(6-4-14)20(24)25/h3-8,11H,9-10,12H2,1-2H3,(H,21,23)(H,24,25). The summed E-state index contributed by atoms with van der Waals surface area (Å²) in [6, 6.07) is 11.6. The highest BCUT2D eigenvalue weighted by Gasteiger charge is 2.11. The molecule has 0 aliphatic rings. The van der Waals surface area contributed by atoms with Crippen LogP contribution < -0.4 is 10.1 Å². The van der Waals surface area contributed by atoms with Crippen molar-refractivity contribution in [3.63, 3.8) is 0 Å². The van der Waals surface area contributed by atoms with E-state index in [4.69, 9.17) is 9.84 Å². The molecular formula is C20H21NO5. The maximum atomic E-state index is 12.2. The van der Waals surface area contributed by atoms with Crippen LogP contribution in [0.2, 0.25) is 0 Å². The summed E-state index contributed by atoms with van der Waals surface area (Å²) in [5.74, 6) is -0.647. The van der Waals surface area contributed by atoms with Crippen molar-refractivity contribution < 1.29 is 24.2 Å². The fraction of sp³-hybridized carbons (Fsp3) is 0.250. The van der Waals surface area contributed by atoms with E-state index in [1.54, 1.807) is 30.3 Å². The Balaban J connectivity index is 1.91. The van der Waals surface area contributed by atoms with E-state index in [9.17, 15) is 14.4 Å². The minimum absolute atomic E-state index is 0.0703. The van der Waals surface area contributed by atoms with Crippen molar-refractivity contribution in [1.82, 2.24) is 5.32 Å². The molecule has 0 aliphatic heterocycles. The first-order chi connectivity index (χ1) is 12.4. The fourth-order valence-corrected chi connectivity index (χ4v) is 2.53. The Morgan fingerprint density at radius 1 is 1.04 bits per heavy atom. The van der Waals surface area contributed by atoms with E-state index in [2.05, 4.69) is 5.32 Å². The quantitative estimate of drug-likeness (QED) is 0.710. The van der Waals surface area contributed by atoms with E-state index >= 15 is 0 Å². The second-order valence-electron chi connectivity index (χ2n) is 5.86. The number of rotatable bonds is 8. The van der Waals surface area contributed by atoms with Gasteiger partial charge in [-0.3, -0.25) is 9.59 Å². The number of carbonyl (C=O) groups excluding carboxylic acids is 2. The largest absolute Gasteiger partial charge is 0.496 e. The number of hydrogen-bond acceptors (Lipinski definition) is 4. The SMILES string of the molecule is COc1ccc(C(C)=O)cc1CC(=O)NCCc1ccc(C(=O)O)cc1. The van der Waals surface area contributed by atoms with Gasteiger partial charge in [0.05, 0.1) is 19.1 Å². The molecule has 0 unspecified atom stereocenters. The van der Waals surface area contributed by atoms with Crippen LogP contribution in [0, 0.1) is 0 Å². The molecule has 136 valence electrons. The average Bonchev–Trinajstić information content (AvgIpc) is 2.62. The lowest BCUT2D eigenvalue weighted by Crippen LogP contribution is -2.27. The molecule has 2 aromatic carbocycles. The molecule has 0 radical (unpaired) electrons. The lowest BCUT2D eigenvalue weighted by molar-refractivity contribution is -0.120. The number of methoxy groups -OCH3 is 1. The van der Waals surface area contributed by atoms with Crippen molar-refractivity contribution in [3.05, 3.63) is 64.7 Å². The number of carbonyl (C=O) groups is 3. The number of Topliss-reactive ketones (excluding diaryl/α,β-unsaturated/α-hetero) is 1. The summed E-state index contributed by atoms with van der Waals surface area (Å²) >= 11 is 0. The van der Waals surface area contributed by atoms with Gasteiger partial charge in [0, 0.05) is 17.7 Å². The van der Waals surface area contributed by atoms with Crippen molar-refractivity contribution in [3.8, 4) is 5.75 Å². The third-order valence-corrected chi connectivity index (χ3v) is 3.97. The molecule has 6 heteroatoms. The number of ether oxygens (including phenoxy) is 1. The zero-order valence-corrected chi connectivity index (χ0v) is 14.7. The molecule has 2 aromatic rings. The van der Waals surface area contributed by atoms with Crippen LogP contribution in [0.5, 0.6) is 5.75 Å². The average molecular weight is 355 g/mol. The zero-order valence-electron chi connectivity index (χ0n) is 14.7. The number of ketones is 1.